The van der Waals surface area contributed by atoms with Gasteiger partial charge >= 0.3 is 10.2 Å². The van der Waals surface area contributed by atoms with Gasteiger partial charge in [-0.1, -0.05) is 20.8 Å². The SMILES string of the molecule is CC(C)(C)CN(CCS(=O)(=O)F)CC(C)(O)c1ccco1. The normalized spacial score (nSPS) is 16.1. The highest BCUT2D eigenvalue weighted by Crippen LogP contribution is 2.24. The minimum absolute atomic E-state index is 0.0208. The van der Waals surface area contributed by atoms with Gasteiger partial charge in [-0.05, 0) is 24.5 Å². The van der Waals surface area contributed by atoms with Gasteiger partial charge in [-0.15, -0.1) is 3.89 Å². The van der Waals surface area contributed by atoms with E-state index in [-0.39, 0.29) is 18.5 Å². The summed E-state index contributed by atoms with van der Waals surface area (Å²) in [6.45, 7) is 8.27. The summed E-state index contributed by atoms with van der Waals surface area (Å²) in [5.41, 5.74) is -1.38. The van der Waals surface area contributed by atoms with Gasteiger partial charge in [-0.25, -0.2) is 0 Å². The van der Waals surface area contributed by atoms with Crippen LogP contribution < -0.4 is 0 Å². The Hall–Kier alpha value is -0.920. The first-order valence-electron chi connectivity index (χ1n) is 6.80. The molecule has 0 aromatic carbocycles. The molecule has 1 aromatic heterocycles. The van der Waals surface area contributed by atoms with Crippen LogP contribution >= 0.6 is 0 Å². The third-order valence-corrected chi connectivity index (χ3v) is 3.60. The Kier molecular flexibility index (Phi) is 5.57. The van der Waals surface area contributed by atoms with Gasteiger partial charge in [-0.2, -0.15) is 8.42 Å². The summed E-state index contributed by atoms with van der Waals surface area (Å²) >= 11 is 0. The predicted molar refractivity (Wildman–Crippen MR) is 79.1 cm³/mol. The van der Waals surface area contributed by atoms with Crippen molar-refractivity contribution in [3.63, 3.8) is 0 Å². The lowest BCUT2D eigenvalue weighted by atomic mass is 9.94. The largest absolute Gasteiger partial charge is 0.466 e. The summed E-state index contributed by atoms with van der Waals surface area (Å²) in [5, 5.41) is 10.5. The second-order valence-electron chi connectivity index (χ2n) is 6.77. The summed E-state index contributed by atoms with van der Waals surface area (Å²) in [4.78, 5) is 1.74. The number of halogens is 1. The van der Waals surface area contributed by atoms with Gasteiger partial charge < -0.3 is 9.52 Å². The fourth-order valence-electron chi connectivity index (χ4n) is 2.22. The molecule has 0 saturated carbocycles. The average Bonchev–Trinajstić information content (AvgIpc) is 2.76. The van der Waals surface area contributed by atoms with E-state index in [1.165, 1.54) is 6.26 Å². The lowest BCUT2D eigenvalue weighted by molar-refractivity contribution is -0.00814. The Morgan fingerprint density at radius 2 is 1.90 bits per heavy atom. The van der Waals surface area contributed by atoms with E-state index in [9.17, 15) is 17.4 Å². The molecule has 122 valence electrons. The molecule has 0 spiro atoms. The van der Waals surface area contributed by atoms with Crippen LogP contribution in [0.1, 0.15) is 33.5 Å². The smallest absolute Gasteiger partial charge is 0.303 e. The number of rotatable bonds is 7. The molecule has 1 atom stereocenters. The van der Waals surface area contributed by atoms with E-state index >= 15 is 0 Å². The molecule has 0 bridgehead atoms. The number of hydrogen-bond donors (Lipinski definition) is 1. The summed E-state index contributed by atoms with van der Waals surface area (Å²) < 4.78 is 39.4. The van der Waals surface area contributed by atoms with Crippen molar-refractivity contribution in [2.75, 3.05) is 25.4 Å². The van der Waals surface area contributed by atoms with Crippen molar-refractivity contribution in [2.45, 2.75) is 33.3 Å². The van der Waals surface area contributed by atoms with Gasteiger partial charge in [0.15, 0.2) is 0 Å². The van der Waals surface area contributed by atoms with E-state index in [0.29, 0.717) is 12.3 Å². The highest BCUT2D eigenvalue weighted by atomic mass is 32.3. The maximum Gasteiger partial charge on any atom is 0.303 e. The molecule has 0 aliphatic rings. The quantitative estimate of drug-likeness (QED) is 0.779. The van der Waals surface area contributed by atoms with Crippen molar-refractivity contribution in [3.8, 4) is 0 Å². The molecular formula is C14H24FNO4S. The van der Waals surface area contributed by atoms with Crippen molar-refractivity contribution in [1.82, 2.24) is 4.90 Å². The molecule has 1 aromatic rings. The van der Waals surface area contributed by atoms with Gasteiger partial charge in [0, 0.05) is 19.6 Å². The van der Waals surface area contributed by atoms with Crippen LogP contribution in [-0.4, -0.2) is 43.8 Å². The zero-order valence-corrected chi connectivity index (χ0v) is 13.8. The fraction of sp³-hybridized carbons (Fsp3) is 0.714. The minimum atomic E-state index is -4.53. The zero-order valence-electron chi connectivity index (χ0n) is 13.0. The van der Waals surface area contributed by atoms with Crippen molar-refractivity contribution in [2.24, 2.45) is 5.41 Å². The van der Waals surface area contributed by atoms with Crippen molar-refractivity contribution in [3.05, 3.63) is 24.2 Å². The summed E-state index contributed by atoms with van der Waals surface area (Å²) in [5.74, 6) is -0.193. The molecule has 21 heavy (non-hydrogen) atoms. The second kappa shape index (κ2) is 6.46. The third kappa shape index (κ3) is 7.06. The predicted octanol–water partition coefficient (Wildman–Crippen LogP) is 2.13. The van der Waals surface area contributed by atoms with Crippen LogP contribution in [0.25, 0.3) is 0 Å². The maximum absolute atomic E-state index is 12.8. The average molecular weight is 321 g/mol. The van der Waals surface area contributed by atoms with Gasteiger partial charge in [0.05, 0.1) is 12.0 Å². The maximum atomic E-state index is 12.8. The van der Waals surface area contributed by atoms with E-state index in [1.807, 2.05) is 20.8 Å². The summed E-state index contributed by atoms with van der Waals surface area (Å²) in [6.07, 6.45) is 1.46. The number of nitrogens with zero attached hydrogens (tertiary/aromatic N) is 1. The van der Waals surface area contributed by atoms with E-state index in [1.54, 1.807) is 24.0 Å². The molecule has 1 rings (SSSR count). The monoisotopic (exact) mass is 321 g/mol. The molecule has 0 radical (unpaired) electrons. The van der Waals surface area contributed by atoms with E-state index in [4.69, 9.17) is 4.42 Å². The van der Waals surface area contributed by atoms with Gasteiger partial charge in [0.2, 0.25) is 0 Å². The molecule has 5 nitrogen and oxygen atoms in total. The van der Waals surface area contributed by atoms with E-state index < -0.39 is 21.6 Å². The highest BCUT2D eigenvalue weighted by Gasteiger charge is 2.31. The van der Waals surface area contributed by atoms with Gasteiger partial charge in [0.25, 0.3) is 0 Å². The van der Waals surface area contributed by atoms with Crippen molar-refractivity contribution >= 4 is 10.2 Å². The molecule has 7 heteroatoms. The van der Waals surface area contributed by atoms with E-state index in [0.717, 1.165) is 0 Å². The number of aliphatic hydroxyl groups is 1. The molecule has 1 heterocycles. The van der Waals surface area contributed by atoms with Crippen LogP contribution in [0.2, 0.25) is 0 Å². The molecule has 0 aliphatic heterocycles. The standard InChI is InChI=1S/C14H24FNO4S/c1-13(2,3)10-16(7-9-21(15,18)19)11-14(4,17)12-6-5-8-20-12/h5-6,8,17H,7,9-11H2,1-4H3. The van der Waals surface area contributed by atoms with Crippen LogP contribution in [0.3, 0.4) is 0 Å². The van der Waals surface area contributed by atoms with Crippen LogP contribution in [0, 0.1) is 5.41 Å². The topological polar surface area (TPSA) is 70.8 Å². The van der Waals surface area contributed by atoms with E-state index in [2.05, 4.69) is 0 Å². The Bertz CT molecular complexity index is 532. The summed E-state index contributed by atoms with van der Waals surface area (Å²) in [6, 6.07) is 3.32. The molecule has 0 fully saturated rings. The fourth-order valence-corrected chi connectivity index (χ4v) is 2.70. The van der Waals surface area contributed by atoms with Crippen molar-refractivity contribution in [1.29, 1.82) is 0 Å². The first kappa shape index (κ1) is 18.1. The van der Waals surface area contributed by atoms with Gasteiger partial charge in [-0.3, -0.25) is 4.90 Å². The first-order valence-corrected chi connectivity index (χ1v) is 8.35. The number of furan rings is 1. The number of hydrogen-bond acceptors (Lipinski definition) is 5. The Morgan fingerprint density at radius 1 is 1.29 bits per heavy atom. The Balaban J connectivity index is 2.81. The molecule has 0 amide bonds. The van der Waals surface area contributed by atoms with Crippen LogP contribution in [0.4, 0.5) is 3.89 Å². The molecular weight excluding hydrogens is 297 g/mol. The first-order chi connectivity index (χ1) is 9.39. The minimum Gasteiger partial charge on any atom is -0.466 e. The molecule has 0 saturated heterocycles. The highest BCUT2D eigenvalue weighted by molar-refractivity contribution is 7.86. The van der Waals surface area contributed by atoms with Crippen molar-refractivity contribution < 1.29 is 21.8 Å². The Labute approximate surface area is 126 Å². The van der Waals surface area contributed by atoms with Crippen LogP contribution in [-0.2, 0) is 15.8 Å². The third-order valence-electron chi connectivity index (χ3n) is 2.93. The van der Waals surface area contributed by atoms with Crippen LogP contribution in [0.15, 0.2) is 22.8 Å². The molecule has 0 aliphatic carbocycles. The second-order valence-corrected chi connectivity index (χ2v) is 8.25. The lowest BCUT2D eigenvalue weighted by Gasteiger charge is -2.34. The van der Waals surface area contributed by atoms with Gasteiger partial charge in [0.1, 0.15) is 11.4 Å². The summed E-state index contributed by atoms with van der Waals surface area (Å²) in [7, 11) is -4.53. The molecule has 1 N–H and O–H groups in total. The van der Waals surface area contributed by atoms with Crippen LogP contribution in [0.5, 0.6) is 0 Å². The lowest BCUT2D eigenvalue weighted by Crippen LogP contribution is -2.44. The Morgan fingerprint density at radius 3 is 2.33 bits per heavy atom. The molecule has 1 unspecified atom stereocenters. The zero-order chi connectivity index (χ0) is 16.3.